The number of hydrogen-bond acceptors (Lipinski definition) is 6. The van der Waals surface area contributed by atoms with Crippen LogP contribution in [0.15, 0.2) is 40.3 Å². The Kier molecular flexibility index (Phi) is 7.16. The Morgan fingerprint density at radius 3 is 2.63 bits per heavy atom. The van der Waals surface area contributed by atoms with Crippen molar-refractivity contribution >= 4 is 49.0 Å². The molecular formula is C23H28BrN3O2S. The van der Waals surface area contributed by atoms with Crippen LogP contribution < -0.4 is 10.5 Å². The van der Waals surface area contributed by atoms with E-state index < -0.39 is 0 Å². The second kappa shape index (κ2) is 9.45. The van der Waals surface area contributed by atoms with Crippen LogP contribution in [0.3, 0.4) is 0 Å². The molecule has 0 aliphatic rings. The van der Waals surface area contributed by atoms with Crippen molar-refractivity contribution in [3.63, 3.8) is 0 Å². The predicted octanol–water partition coefficient (Wildman–Crippen LogP) is 5.77. The van der Waals surface area contributed by atoms with E-state index in [1.54, 1.807) is 6.20 Å². The zero-order valence-electron chi connectivity index (χ0n) is 17.9. The number of fused-ring (bicyclic) bond motifs is 1. The Morgan fingerprint density at radius 1 is 1.27 bits per heavy atom. The predicted molar refractivity (Wildman–Crippen MR) is 128 cm³/mol. The number of carbonyl (C=O) groups excluding carboxylic acids is 1. The van der Waals surface area contributed by atoms with E-state index in [0.717, 1.165) is 38.8 Å². The van der Waals surface area contributed by atoms with E-state index in [2.05, 4.69) is 53.8 Å². The van der Waals surface area contributed by atoms with Gasteiger partial charge in [0.05, 0.1) is 10.3 Å². The van der Waals surface area contributed by atoms with Crippen LogP contribution in [-0.2, 0) is 6.61 Å². The van der Waals surface area contributed by atoms with Gasteiger partial charge in [-0.15, -0.1) is 11.3 Å². The molecule has 1 aromatic carbocycles. The van der Waals surface area contributed by atoms with Crippen molar-refractivity contribution in [1.29, 1.82) is 0 Å². The summed E-state index contributed by atoms with van der Waals surface area (Å²) in [6, 6.07) is 7.69. The van der Waals surface area contributed by atoms with Crippen molar-refractivity contribution in [3.05, 3.63) is 51.4 Å². The molecule has 0 aliphatic heterocycles. The summed E-state index contributed by atoms with van der Waals surface area (Å²) in [6.45, 7) is 5.70. The highest BCUT2D eigenvalue weighted by atomic mass is 79.9. The SMILES string of the molecule is CN(C)CC(C)(C)CCC(=O)c1cnc(N)c2c(COc3ccc(Br)cc3)csc12. The molecule has 0 radical (unpaired) electrons. The number of nitrogens with two attached hydrogens (primary N) is 1. The highest BCUT2D eigenvalue weighted by Gasteiger charge is 2.23. The van der Waals surface area contributed by atoms with Gasteiger partial charge < -0.3 is 15.4 Å². The van der Waals surface area contributed by atoms with Gasteiger partial charge in [0.25, 0.3) is 0 Å². The van der Waals surface area contributed by atoms with Crippen molar-refractivity contribution < 1.29 is 9.53 Å². The molecule has 0 bridgehead atoms. The number of hydrogen-bond donors (Lipinski definition) is 1. The summed E-state index contributed by atoms with van der Waals surface area (Å²) in [5.74, 6) is 1.33. The van der Waals surface area contributed by atoms with Crippen LogP contribution in [0.1, 0.15) is 42.6 Å². The summed E-state index contributed by atoms with van der Waals surface area (Å²) in [6.07, 6.45) is 2.93. The molecule has 0 unspecified atom stereocenters. The van der Waals surface area contributed by atoms with Crippen molar-refractivity contribution in [2.75, 3.05) is 26.4 Å². The average Bonchev–Trinajstić information content (AvgIpc) is 3.10. The van der Waals surface area contributed by atoms with Gasteiger partial charge in [-0.1, -0.05) is 29.8 Å². The minimum absolute atomic E-state index is 0.0681. The summed E-state index contributed by atoms with van der Waals surface area (Å²) >= 11 is 4.95. The van der Waals surface area contributed by atoms with E-state index in [1.165, 1.54) is 11.3 Å². The first-order chi connectivity index (χ1) is 14.2. The summed E-state index contributed by atoms with van der Waals surface area (Å²) in [4.78, 5) is 19.5. The summed E-state index contributed by atoms with van der Waals surface area (Å²) in [5, 5.41) is 2.84. The number of carbonyl (C=O) groups is 1. The molecule has 3 aromatic rings. The standard InChI is InChI=1S/C23H28BrN3O2S/c1-23(2,14-27(3)4)10-9-19(28)18-11-26-22(25)20-15(13-30-21(18)20)12-29-17-7-5-16(24)6-8-17/h5-8,11,13H,9-10,12,14H2,1-4H3,(H2,25,26). The maximum atomic E-state index is 13.0. The maximum Gasteiger partial charge on any atom is 0.165 e. The van der Waals surface area contributed by atoms with E-state index >= 15 is 0 Å². The molecule has 0 aliphatic carbocycles. The fraction of sp³-hybridized carbons (Fsp3) is 0.391. The van der Waals surface area contributed by atoms with Crippen molar-refractivity contribution in [2.24, 2.45) is 5.41 Å². The van der Waals surface area contributed by atoms with E-state index in [4.69, 9.17) is 10.5 Å². The molecule has 0 atom stereocenters. The minimum atomic E-state index is 0.0681. The Balaban J connectivity index is 1.78. The smallest absolute Gasteiger partial charge is 0.165 e. The number of nitrogen functional groups attached to an aromatic ring is 1. The lowest BCUT2D eigenvalue weighted by Crippen LogP contribution is -2.29. The molecular weight excluding hydrogens is 462 g/mol. The normalized spacial score (nSPS) is 11.9. The third kappa shape index (κ3) is 5.59. The van der Waals surface area contributed by atoms with E-state index in [1.807, 2.05) is 29.6 Å². The van der Waals surface area contributed by atoms with Gasteiger partial charge in [-0.3, -0.25) is 4.79 Å². The molecule has 0 spiro atoms. The van der Waals surface area contributed by atoms with Gasteiger partial charge in [-0.05, 0) is 55.6 Å². The first-order valence-electron chi connectivity index (χ1n) is 9.87. The van der Waals surface area contributed by atoms with Gasteiger partial charge in [-0.2, -0.15) is 0 Å². The third-order valence-corrected chi connectivity index (χ3v) is 6.57. The van der Waals surface area contributed by atoms with E-state index in [0.29, 0.717) is 24.4 Å². The lowest BCUT2D eigenvalue weighted by atomic mass is 9.86. The van der Waals surface area contributed by atoms with Gasteiger partial charge in [0.2, 0.25) is 0 Å². The molecule has 0 fully saturated rings. The molecule has 0 amide bonds. The Hall–Kier alpha value is -1.96. The van der Waals surface area contributed by atoms with Crippen LogP contribution in [0.4, 0.5) is 5.82 Å². The average molecular weight is 490 g/mol. The largest absolute Gasteiger partial charge is 0.489 e. The third-order valence-electron chi connectivity index (χ3n) is 4.98. The fourth-order valence-electron chi connectivity index (χ4n) is 3.65. The van der Waals surface area contributed by atoms with Crippen LogP contribution in [0, 0.1) is 5.41 Å². The molecule has 2 aromatic heterocycles. The first kappa shape index (κ1) is 22.7. The second-order valence-corrected chi connectivity index (χ2v) is 10.4. The van der Waals surface area contributed by atoms with Gasteiger partial charge >= 0.3 is 0 Å². The maximum absolute atomic E-state index is 13.0. The van der Waals surface area contributed by atoms with Crippen molar-refractivity contribution in [1.82, 2.24) is 9.88 Å². The summed E-state index contributed by atoms with van der Waals surface area (Å²) in [5.41, 5.74) is 7.84. The zero-order valence-corrected chi connectivity index (χ0v) is 20.3. The number of Topliss-reactive ketones (excluding diaryl/α,β-unsaturated/α-hetero) is 1. The minimum Gasteiger partial charge on any atom is -0.489 e. The number of pyridine rings is 1. The number of halogens is 1. The molecule has 30 heavy (non-hydrogen) atoms. The van der Waals surface area contributed by atoms with Gasteiger partial charge in [0.1, 0.15) is 18.2 Å². The van der Waals surface area contributed by atoms with Crippen LogP contribution in [-0.4, -0.2) is 36.3 Å². The number of ketones is 1. The quantitative estimate of drug-likeness (QED) is 0.386. The Bertz CT molecular complexity index is 1030. The van der Waals surface area contributed by atoms with Crippen LogP contribution in [0.25, 0.3) is 10.1 Å². The molecule has 3 rings (SSSR count). The number of anilines is 1. The number of nitrogens with zero attached hydrogens (tertiary/aromatic N) is 2. The van der Waals surface area contributed by atoms with Crippen molar-refractivity contribution in [3.8, 4) is 5.75 Å². The highest BCUT2D eigenvalue weighted by Crippen LogP contribution is 2.34. The number of rotatable bonds is 9. The Morgan fingerprint density at radius 2 is 1.97 bits per heavy atom. The van der Waals surface area contributed by atoms with Gasteiger partial charge in [-0.25, -0.2) is 4.98 Å². The van der Waals surface area contributed by atoms with Gasteiger partial charge in [0.15, 0.2) is 5.78 Å². The zero-order chi connectivity index (χ0) is 21.9. The second-order valence-electron chi connectivity index (χ2n) is 8.59. The molecule has 7 heteroatoms. The lowest BCUT2D eigenvalue weighted by Gasteiger charge is -2.28. The summed E-state index contributed by atoms with van der Waals surface area (Å²) < 4.78 is 7.81. The molecule has 5 nitrogen and oxygen atoms in total. The highest BCUT2D eigenvalue weighted by molar-refractivity contribution is 9.10. The number of thiophene rings is 1. The fourth-order valence-corrected chi connectivity index (χ4v) is 5.01. The topological polar surface area (TPSA) is 68.5 Å². The van der Waals surface area contributed by atoms with Gasteiger partial charge in [0, 0.05) is 34.6 Å². The number of benzene rings is 1. The number of aromatic nitrogens is 1. The van der Waals surface area contributed by atoms with Crippen LogP contribution in [0.5, 0.6) is 5.75 Å². The Labute approximate surface area is 190 Å². The molecule has 0 saturated heterocycles. The van der Waals surface area contributed by atoms with Crippen LogP contribution in [0.2, 0.25) is 0 Å². The molecule has 2 heterocycles. The molecule has 160 valence electrons. The monoisotopic (exact) mass is 489 g/mol. The number of ether oxygens (including phenoxy) is 1. The first-order valence-corrected chi connectivity index (χ1v) is 11.5. The van der Waals surface area contributed by atoms with Crippen molar-refractivity contribution in [2.45, 2.75) is 33.3 Å². The van der Waals surface area contributed by atoms with E-state index in [9.17, 15) is 4.79 Å². The van der Waals surface area contributed by atoms with E-state index in [-0.39, 0.29) is 11.2 Å². The summed E-state index contributed by atoms with van der Waals surface area (Å²) in [7, 11) is 4.11. The molecule has 0 saturated carbocycles. The lowest BCUT2D eigenvalue weighted by molar-refractivity contribution is 0.0956. The van der Waals surface area contributed by atoms with Crippen LogP contribution >= 0.6 is 27.3 Å². The molecule has 2 N–H and O–H groups in total.